The number of sulfonamides is 1. The van der Waals surface area contributed by atoms with Gasteiger partial charge in [-0.3, -0.25) is 0 Å². The van der Waals surface area contributed by atoms with Crippen LogP contribution < -0.4 is 4.74 Å². The van der Waals surface area contributed by atoms with Crippen LogP contribution in [0.25, 0.3) is 11.0 Å². The molecule has 2 heterocycles. The van der Waals surface area contributed by atoms with Crippen molar-refractivity contribution in [1.29, 1.82) is 0 Å². The fraction of sp³-hybridized carbons (Fsp3) is 0.320. The summed E-state index contributed by atoms with van der Waals surface area (Å²) in [5.41, 5.74) is 2.66. The lowest BCUT2D eigenvalue weighted by atomic mass is 10.2. The Morgan fingerprint density at radius 1 is 1.06 bits per heavy atom. The Labute approximate surface area is 204 Å². The highest BCUT2D eigenvalue weighted by atomic mass is 32.2. The Morgan fingerprint density at radius 3 is 2.47 bits per heavy atom. The third-order valence-corrected chi connectivity index (χ3v) is 8.62. The average molecular weight is 500 g/mol. The maximum atomic E-state index is 13.0. The maximum Gasteiger partial charge on any atom is 0.243 e. The third-order valence-electron chi connectivity index (χ3n) is 5.52. The lowest BCUT2D eigenvalue weighted by Gasteiger charge is -2.18. The van der Waals surface area contributed by atoms with Crippen molar-refractivity contribution in [3.8, 4) is 5.75 Å². The molecule has 4 aromatic rings. The highest BCUT2D eigenvalue weighted by molar-refractivity contribution is 7.98. The number of furan rings is 1. The predicted octanol–water partition coefficient (Wildman–Crippen LogP) is 5.40. The summed E-state index contributed by atoms with van der Waals surface area (Å²) >= 11 is 1.61. The van der Waals surface area contributed by atoms with Crippen LogP contribution in [0.1, 0.15) is 32.1 Å². The Morgan fingerprint density at radius 2 is 1.82 bits per heavy atom. The van der Waals surface area contributed by atoms with Crippen molar-refractivity contribution in [2.24, 2.45) is 0 Å². The number of ether oxygens (including phenoxy) is 1. The zero-order valence-electron chi connectivity index (χ0n) is 19.6. The van der Waals surface area contributed by atoms with E-state index in [1.165, 1.54) is 4.31 Å². The molecule has 0 saturated heterocycles. The SMILES string of the molecule is CCOc1ccc(CSc2nc3cc(S(=O)(=O)N(CC)CC)ccc3n2Cc2ccco2)cc1. The van der Waals surface area contributed by atoms with Gasteiger partial charge in [0.25, 0.3) is 0 Å². The van der Waals surface area contributed by atoms with Gasteiger partial charge in [-0.2, -0.15) is 4.31 Å². The normalized spacial score (nSPS) is 12.0. The molecule has 0 atom stereocenters. The predicted molar refractivity (Wildman–Crippen MR) is 135 cm³/mol. The number of imidazole rings is 1. The summed E-state index contributed by atoms with van der Waals surface area (Å²) < 4.78 is 40.7. The molecular formula is C25H29N3O4S2. The van der Waals surface area contributed by atoms with Crippen LogP contribution in [0.5, 0.6) is 5.75 Å². The molecule has 0 spiro atoms. The van der Waals surface area contributed by atoms with Gasteiger partial charge in [-0.1, -0.05) is 37.7 Å². The number of rotatable bonds is 11. The van der Waals surface area contributed by atoms with E-state index in [9.17, 15) is 8.42 Å². The molecule has 2 aromatic carbocycles. The first-order chi connectivity index (χ1) is 16.5. The van der Waals surface area contributed by atoms with Crippen LogP contribution in [0.15, 0.2) is 75.3 Å². The van der Waals surface area contributed by atoms with Gasteiger partial charge in [-0.15, -0.1) is 0 Å². The van der Waals surface area contributed by atoms with Gasteiger partial charge in [0.15, 0.2) is 5.16 Å². The van der Waals surface area contributed by atoms with E-state index in [0.29, 0.717) is 31.8 Å². The molecule has 7 nitrogen and oxygen atoms in total. The van der Waals surface area contributed by atoms with Crippen LogP contribution in [0.3, 0.4) is 0 Å². The van der Waals surface area contributed by atoms with Gasteiger partial charge in [0.2, 0.25) is 10.0 Å². The topological polar surface area (TPSA) is 77.6 Å². The van der Waals surface area contributed by atoms with E-state index >= 15 is 0 Å². The molecule has 2 aromatic heterocycles. The van der Waals surface area contributed by atoms with Crippen molar-refractivity contribution >= 4 is 32.8 Å². The lowest BCUT2D eigenvalue weighted by molar-refractivity contribution is 0.340. The van der Waals surface area contributed by atoms with Crippen molar-refractivity contribution in [2.45, 2.75) is 43.1 Å². The molecule has 0 aliphatic carbocycles. The fourth-order valence-corrected chi connectivity index (χ4v) is 6.23. The Hall–Kier alpha value is -2.75. The average Bonchev–Trinajstić information content (AvgIpc) is 3.47. The first kappa shape index (κ1) is 24.4. The number of hydrogen-bond acceptors (Lipinski definition) is 6. The summed E-state index contributed by atoms with van der Waals surface area (Å²) in [6, 6.07) is 17.0. The highest BCUT2D eigenvalue weighted by Crippen LogP contribution is 2.30. The molecule has 0 saturated carbocycles. The van der Waals surface area contributed by atoms with Crippen LogP contribution in [0.2, 0.25) is 0 Å². The summed E-state index contributed by atoms with van der Waals surface area (Å²) in [6.07, 6.45) is 1.65. The van der Waals surface area contributed by atoms with E-state index in [1.54, 1.807) is 30.2 Å². The van der Waals surface area contributed by atoms with Gasteiger partial charge in [-0.05, 0) is 55.0 Å². The standard InChI is InChI=1S/C25H29N3O4S2/c1-4-27(5-2)34(29,30)22-13-14-24-23(16-22)26-25(28(24)17-21-8-7-15-32-21)33-18-19-9-11-20(12-10-19)31-6-3/h7-16H,4-6,17-18H2,1-3H3. The van der Waals surface area contributed by atoms with Crippen LogP contribution in [0.4, 0.5) is 0 Å². The minimum atomic E-state index is -3.56. The molecule has 0 aliphatic rings. The number of benzene rings is 2. The summed E-state index contributed by atoms with van der Waals surface area (Å²) in [5.74, 6) is 2.38. The lowest BCUT2D eigenvalue weighted by Crippen LogP contribution is -2.30. The second-order valence-electron chi connectivity index (χ2n) is 7.67. The smallest absolute Gasteiger partial charge is 0.243 e. The van der Waals surface area contributed by atoms with Crippen LogP contribution in [-0.2, 0) is 22.3 Å². The maximum absolute atomic E-state index is 13.0. The number of hydrogen-bond donors (Lipinski definition) is 0. The van der Waals surface area contributed by atoms with Gasteiger partial charge in [0.1, 0.15) is 11.5 Å². The molecule has 34 heavy (non-hydrogen) atoms. The number of aromatic nitrogens is 2. The summed E-state index contributed by atoms with van der Waals surface area (Å²) in [4.78, 5) is 5.08. The molecule has 0 radical (unpaired) electrons. The van der Waals surface area contributed by atoms with E-state index in [4.69, 9.17) is 14.1 Å². The van der Waals surface area contributed by atoms with Crippen LogP contribution in [-0.4, -0.2) is 42.0 Å². The molecule has 0 unspecified atom stereocenters. The van der Waals surface area contributed by atoms with Gasteiger partial charge in [0, 0.05) is 18.8 Å². The van der Waals surface area contributed by atoms with Crippen LogP contribution >= 0.6 is 11.8 Å². The second kappa shape index (κ2) is 10.7. The zero-order chi connectivity index (χ0) is 24.1. The minimum absolute atomic E-state index is 0.259. The molecular weight excluding hydrogens is 470 g/mol. The molecule has 9 heteroatoms. The van der Waals surface area contributed by atoms with Gasteiger partial charge >= 0.3 is 0 Å². The second-order valence-corrected chi connectivity index (χ2v) is 10.5. The molecule has 0 bridgehead atoms. The van der Waals surface area contributed by atoms with Crippen molar-refractivity contribution in [1.82, 2.24) is 13.9 Å². The van der Waals surface area contributed by atoms with Crippen molar-refractivity contribution in [3.05, 3.63) is 72.2 Å². The first-order valence-corrected chi connectivity index (χ1v) is 13.8. The summed E-state index contributed by atoms with van der Waals surface area (Å²) in [5, 5.41) is 0.803. The molecule has 0 amide bonds. The molecule has 4 rings (SSSR count). The van der Waals surface area contributed by atoms with E-state index < -0.39 is 10.0 Å². The quantitative estimate of drug-likeness (QED) is 0.257. The minimum Gasteiger partial charge on any atom is -0.494 e. The fourth-order valence-electron chi connectivity index (χ4n) is 3.78. The molecule has 0 fully saturated rings. The molecule has 0 aliphatic heterocycles. The van der Waals surface area contributed by atoms with Crippen molar-refractivity contribution in [2.75, 3.05) is 19.7 Å². The Kier molecular flexibility index (Phi) is 7.65. The monoisotopic (exact) mass is 499 g/mol. The van der Waals surface area contributed by atoms with Crippen molar-refractivity contribution < 1.29 is 17.6 Å². The molecule has 0 N–H and O–H groups in total. The van der Waals surface area contributed by atoms with Gasteiger partial charge in [-0.25, -0.2) is 13.4 Å². The number of nitrogens with zero attached hydrogens (tertiary/aromatic N) is 3. The summed E-state index contributed by atoms with van der Waals surface area (Å²) in [6.45, 7) is 7.64. The highest BCUT2D eigenvalue weighted by Gasteiger charge is 2.23. The Balaban J connectivity index is 1.67. The first-order valence-electron chi connectivity index (χ1n) is 11.3. The van der Waals surface area contributed by atoms with E-state index in [2.05, 4.69) is 4.57 Å². The van der Waals surface area contributed by atoms with Crippen LogP contribution in [0, 0.1) is 0 Å². The van der Waals surface area contributed by atoms with Crippen molar-refractivity contribution in [3.63, 3.8) is 0 Å². The third kappa shape index (κ3) is 5.16. The number of thioether (sulfide) groups is 1. The number of fused-ring (bicyclic) bond motifs is 1. The molecule has 180 valence electrons. The van der Waals surface area contributed by atoms with E-state index in [0.717, 1.165) is 33.5 Å². The Bertz CT molecular complexity index is 1330. The zero-order valence-corrected chi connectivity index (χ0v) is 21.2. The summed E-state index contributed by atoms with van der Waals surface area (Å²) in [7, 11) is -3.56. The largest absolute Gasteiger partial charge is 0.494 e. The van der Waals surface area contributed by atoms with Gasteiger partial charge in [0.05, 0.1) is 35.3 Å². The van der Waals surface area contributed by atoms with E-state index in [1.807, 2.05) is 63.2 Å². The van der Waals surface area contributed by atoms with Gasteiger partial charge < -0.3 is 13.7 Å². The van der Waals surface area contributed by atoms with E-state index in [-0.39, 0.29) is 4.90 Å².